The smallest absolute Gasteiger partial charge is 0.337 e. The minimum atomic E-state index is -0.432. The molecule has 1 fully saturated rings. The fourth-order valence-corrected chi connectivity index (χ4v) is 5.25. The van der Waals surface area contributed by atoms with E-state index < -0.39 is 5.97 Å². The number of nitrogens with zero attached hydrogens (tertiary/aromatic N) is 4. The summed E-state index contributed by atoms with van der Waals surface area (Å²) in [5.41, 5.74) is 4.32. The van der Waals surface area contributed by atoms with E-state index in [0.717, 1.165) is 24.2 Å². The van der Waals surface area contributed by atoms with Gasteiger partial charge in [0.2, 0.25) is 0 Å². The number of methoxy groups -OCH3 is 1. The molecule has 0 saturated heterocycles. The fourth-order valence-electron chi connectivity index (χ4n) is 4.40. The predicted molar refractivity (Wildman–Crippen MR) is 151 cm³/mol. The van der Waals surface area contributed by atoms with Crippen LogP contribution in [0.2, 0.25) is 15.1 Å². The van der Waals surface area contributed by atoms with Gasteiger partial charge in [-0.05, 0) is 61.4 Å². The largest absolute Gasteiger partial charge is 0.489 e. The lowest BCUT2D eigenvalue weighted by Crippen LogP contribution is -2.03. The first kappa shape index (κ1) is 26.4. The monoisotopic (exact) mass is 594 g/mol. The van der Waals surface area contributed by atoms with Crippen molar-refractivity contribution >= 4 is 40.8 Å². The van der Waals surface area contributed by atoms with E-state index in [0.29, 0.717) is 60.5 Å². The summed E-state index contributed by atoms with van der Waals surface area (Å²) in [5, 5.41) is 14.2. The first-order valence-corrected chi connectivity index (χ1v) is 13.5. The Morgan fingerprint density at radius 2 is 1.80 bits per heavy atom. The maximum Gasteiger partial charge on any atom is 0.337 e. The Balaban J connectivity index is 1.23. The molecule has 6 rings (SSSR count). The molecule has 3 aromatic carbocycles. The lowest BCUT2D eigenvalue weighted by molar-refractivity contribution is 0.0600. The van der Waals surface area contributed by atoms with Crippen LogP contribution in [0.5, 0.6) is 5.75 Å². The fraction of sp³-hybridized carbons (Fsp3) is 0.172. The zero-order chi connectivity index (χ0) is 27.8. The van der Waals surface area contributed by atoms with Crippen LogP contribution in [0.4, 0.5) is 0 Å². The van der Waals surface area contributed by atoms with Crippen LogP contribution in [0.25, 0.3) is 28.2 Å². The van der Waals surface area contributed by atoms with Crippen LogP contribution in [-0.4, -0.2) is 33.2 Å². The molecule has 0 atom stereocenters. The Morgan fingerprint density at radius 3 is 2.52 bits per heavy atom. The molecule has 202 valence electrons. The lowest BCUT2D eigenvalue weighted by Gasteiger charge is -2.10. The molecule has 0 aliphatic heterocycles. The van der Waals surface area contributed by atoms with E-state index in [9.17, 15) is 4.79 Å². The number of carbonyl (C=O) groups is 1. The minimum Gasteiger partial charge on any atom is -0.489 e. The Bertz CT molecular complexity index is 1710. The summed E-state index contributed by atoms with van der Waals surface area (Å²) in [6, 6.07) is 17.6. The second-order valence-corrected chi connectivity index (χ2v) is 10.5. The van der Waals surface area contributed by atoms with Gasteiger partial charge in [0.05, 0.1) is 45.2 Å². The lowest BCUT2D eigenvalue weighted by atomic mass is 10.0. The number of hydrogen-bond acceptors (Lipinski definition) is 7. The Hall–Kier alpha value is -3.85. The summed E-state index contributed by atoms with van der Waals surface area (Å²) >= 11 is 19.6. The van der Waals surface area contributed by atoms with E-state index in [4.69, 9.17) is 48.8 Å². The third kappa shape index (κ3) is 5.18. The van der Waals surface area contributed by atoms with Crippen molar-refractivity contribution in [2.75, 3.05) is 7.11 Å². The highest BCUT2D eigenvalue weighted by molar-refractivity contribution is 6.39. The first-order valence-electron chi connectivity index (χ1n) is 12.4. The van der Waals surface area contributed by atoms with Crippen LogP contribution in [0.1, 0.15) is 40.4 Å². The third-order valence-corrected chi connectivity index (χ3v) is 7.53. The normalized spacial score (nSPS) is 12.9. The van der Waals surface area contributed by atoms with Gasteiger partial charge in [0.15, 0.2) is 0 Å². The molecule has 0 spiro atoms. The van der Waals surface area contributed by atoms with Crippen LogP contribution in [0, 0.1) is 0 Å². The van der Waals surface area contributed by atoms with Gasteiger partial charge in [-0.25, -0.2) is 9.48 Å². The third-order valence-electron chi connectivity index (χ3n) is 6.59. The highest BCUT2D eigenvalue weighted by Crippen LogP contribution is 2.46. The molecule has 0 radical (unpaired) electrons. The summed E-state index contributed by atoms with van der Waals surface area (Å²) in [7, 11) is 1.34. The quantitative estimate of drug-likeness (QED) is 0.169. The number of aromatic nitrogens is 4. The molecule has 2 heterocycles. The molecule has 0 bridgehead atoms. The molecule has 40 heavy (non-hydrogen) atoms. The highest BCUT2D eigenvalue weighted by Gasteiger charge is 2.33. The van der Waals surface area contributed by atoms with Gasteiger partial charge in [0.25, 0.3) is 0 Å². The zero-order valence-corrected chi connectivity index (χ0v) is 23.4. The topological polar surface area (TPSA) is 92.3 Å². The summed E-state index contributed by atoms with van der Waals surface area (Å²) < 4.78 is 18.2. The highest BCUT2D eigenvalue weighted by atomic mass is 35.5. The van der Waals surface area contributed by atoms with Crippen molar-refractivity contribution in [3.8, 4) is 34.0 Å². The molecule has 2 aromatic heterocycles. The standard InChI is InChI=1S/C29H21Cl3N4O4/c1-38-29(37)17-4-2-5-18(12-17)36-14-25(33-35-36)20-11-10-19(13-24(20)32)39-15-21-27(34-40-28(21)16-8-9-16)26-22(30)6-3-7-23(26)31/h2-7,10-14,16H,8-9,15H2,1H3. The van der Waals surface area contributed by atoms with E-state index in [1.54, 1.807) is 53.3 Å². The summed E-state index contributed by atoms with van der Waals surface area (Å²) in [6.45, 7) is 0.203. The van der Waals surface area contributed by atoms with Crippen molar-refractivity contribution in [2.24, 2.45) is 0 Å². The van der Waals surface area contributed by atoms with E-state index in [1.165, 1.54) is 7.11 Å². The van der Waals surface area contributed by atoms with Crippen LogP contribution >= 0.6 is 34.8 Å². The molecule has 1 aliphatic rings. The van der Waals surface area contributed by atoms with Crippen LogP contribution in [0.15, 0.2) is 71.4 Å². The van der Waals surface area contributed by atoms with Crippen LogP contribution < -0.4 is 4.74 Å². The average molecular weight is 596 g/mol. The molecule has 0 unspecified atom stereocenters. The predicted octanol–water partition coefficient (Wildman–Crippen LogP) is 7.79. The van der Waals surface area contributed by atoms with E-state index >= 15 is 0 Å². The molecule has 1 saturated carbocycles. The van der Waals surface area contributed by atoms with E-state index in [1.807, 2.05) is 18.2 Å². The second-order valence-electron chi connectivity index (χ2n) is 9.27. The van der Waals surface area contributed by atoms with Crippen molar-refractivity contribution in [3.05, 3.63) is 98.8 Å². The maximum atomic E-state index is 11.9. The zero-order valence-electron chi connectivity index (χ0n) is 21.1. The Morgan fingerprint density at radius 1 is 1.02 bits per heavy atom. The molecule has 0 N–H and O–H groups in total. The van der Waals surface area contributed by atoms with Gasteiger partial charge in [-0.2, -0.15) is 0 Å². The number of rotatable bonds is 8. The molecular weight excluding hydrogens is 575 g/mol. The van der Waals surface area contributed by atoms with Crippen molar-refractivity contribution in [2.45, 2.75) is 25.4 Å². The van der Waals surface area contributed by atoms with Gasteiger partial charge in [-0.1, -0.05) is 57.3 Å². The van der Waals surface area contributed by atoms with Crippen molar-refractivity contribution in [1.29, 1.82) is 0 Å². The van der Waals surface area contributed by atoms with Crippen molar-refractivity contribution < 1.29 is 18.8 Å². The number of carbonyl (C=O) groups excluding carboxylic acids is 1. The second kappa shape index (κ2) is 11.0. The summed E-state index contributed by atoms with van der Waals surface area (Å²) in [5.74, 6) is 1.23. The number of benzene rings is 3. The van der Waals surface area contributed by atoms with E-state index in [2.05, 4.69) is 15.5 Å². The van der Waals surface area contributed by atoms with Crippen LogP contribution in [0.3, 0.4) is 0 Å². The molecule has 8 nitrogen and oxygen atoms in total. The number of esters is 1. The Labute approximate surface area is 244 Å². The number of hydrogen-bond donors (Lipinski definition) is 0. The Kier molecular flexibility index (Phi) is 7.23. The molecule has 5 aromatic rings. The van der Waals surface area contributed by atoms with Crippen LogP contribution in [-0.2, 0) is 11.3 Å². The van der Waals surface area contributed by atoms with Gasteiger partial charge in [-0.3, -0.25) is 0 Å². The minimum absolute atomic E-state index is 0.203. The van der Waals surface area contributed by atoms with Crippen molar-refractivity contribution in [1.82, 2.24) is 20.2 Å². The van der Waals surface area contributed by atoms with Gasteiger partial charge >= 0.3 is 5.97 Å². The number of halogens is 3. The van der Waals surface area contributed by atoms with Gasteiger partial charge < -0.3 is 14.0 Å². The summed E-state index contributed by atoms with van der Waals surface area (Å²) in [4.78, 5) is 11.9. The van der Waals surface area contributed by atoms with Gasteiger partial charge in [0, 0.05) is 17.0 Å². The SMILES string of the molecule is COC(=O)c1cccc(-n2cc(-c3ccc(OCc4c(-c5c(Cl)cccc5Cl)noc4C4CC4)cc3Cl)nn2)c1. The molecule has 1 aliphatic carbocycles. The number of ether oxygens (including phenoxy) is 2. The maximum absolute atomic E-state index is 11.9. The first-order chi connectivity index (χ1) is 19.4. The van der Waals surface area contributed by atoms with Gasteiger partial charge in [-0.15, -0.1) is 5.10 Å². The molecule has 11 heteroatoms. The van der Waals surface area contributed by atoms with Gasteiger partial charge in [0.1, 0.15) is 29.5 Å². The molecular formula is C29H21Cl3N4O4. The van der Waals surface area contributed by atoms with E-state index in [-0.39, 0.29) is 6.61 Å². The van der Waals surface area contributed by atoms with Crippen molar-refractivity contribution in [3.63, 3.8) is 0 Å². The summed E-state index contributed by atoms with van der Waals surface area (Å²) in [6.07, 6.45) is 3.80. The molecule has 0 amide bonds. The average Bonchev–Trinajstić information content (AvgIpc) is 3.53.